The highest BCUT2D eigenvalue weighted by Crippen LogP contribution is 2.24. The molecule has 0 bridgehead atoms. The van der Waals surface area contributed by atoms with Gasteiger partial charge in [-0.15, -0.1) is 11.3 Å². The standard InChI is InChI=1S/C10H14N2O5S2/c1-6(9(13)11-2)17-10(14)8-7(4-5-18-8)12-19(3,15)16/h4-6,12H,1-3H3,(H,11,13)/t6-/m0/s1. The normalized spacial score (nSPS) is 12.6. The molecule has 1 rings (SSSR count). The van der Waals surface area contributed by atoms with Crippen molar-refractivity contribution in [2.75, 3.05) is 18.0 Å². The molecule has 1 amide bonds. The van der Waals surface area contributed by atoms with Crippen LogP contribution in [-0.4, -0.2) is 39.7 Å². The van der Waals surface area contributed by atoms with E-state index in [-0.39, 0.29) is 10.6 Å². The van der Waals surface area contributed by atoms with Crippen LogP contribution in [0.3, 0.4) is 0 Å². The van der Waals surface area contributed by atoms with E-state index in [1.54, 1.807) is 5.38 Å². The van der Waals surface area contributed by atoms with Crippen LogP contribution in [0.15, 0.2) is 11.4 Å². The van der Waals surface area contributed by atoms with E-state index in [4.69, 9.17) is 4.74 Å². The van der Waals surface area contributed by atoms with Gasteiger partial charge in [0.25, 0.3) is 5.91 Å². The van der Waals surface area contributed by atoms with E-state index in [1.807, 2.05) is 0 Å². The molecule has 0 unspecified atom stereocenters. The molecule has 0 saturated heterocycles. The van der Waals surface area contributed by atoms with E-state index in [0.29, 0.717) is 0 Å². The van der Waals surface area contributed by atoms with Gasteiger partial charge in [-0.25, -0.2) is 13.2 Å². The summed E-state index contributed by atoms with van der Waals surface area (Å²) >= 11 is 1.03. The van der Waals surface area contributed by atoms with Gasteiger partial charge in [-0.2, -0.15) is 0 Å². The summed E-state index contributed by atoms with van der Waals surface area (Å²) in [5.41, 5.74) is 0.140. The number of carbonyl (C=O) groups excluding carboxylic acids is 2. The van der Waals surface area contributed by atoms with E-state index in [1.165, 1.54) is 20.0 Å². The first-order chi connectivity index (χ1) is 8.74. The number of esters is 1. The van der Waals surface area contributed by atoms with Gasteiger partial charge < -0.3 is 10.1 Å². The van der Waals surface area contributed by atoms with Crippen LogP contribution in [0.2, 0.25) is 0 Å². The van der Waals surface area contributed by atoms with Crippen molar-refractivity contribution < 1.29 is 22.7 Å². The number of hydrogen-bond acceptors (Lipinski definition) is 6. The van der Waals surface area contributed by atoms with E-state index < -0.39 is 28.0 Å². The lowest BCUT2D eigenvalue weighted by Crippen LogP contribution is -2.33. The summed E-state index contributed by atoms with van der Waals surface area (Å²) in [6, 6.07) is 1.45. The van der Waals surface area contributed by atoms with Gasteiger partial charge >= 0.3 is 5.97 Å². The first-order valence-corrected chi connectivity index (χ1v) is 7.99. The number of nitrogens with one attached hydrogen (secondary N) is 2. The van der Waals surface area contributed by atoms with Crippen LogP contribution in [-0.2, 0) is 19.6 Å². The molecular weight excluding hydrogens is 292 g/mol. The molecule has 2 N–H and O–H groups in total. The summed E-state index contributed by atoms with van der Waals surface area (Å²) < 4.78 is 29.4. The largest absolute Gasteiger partial charge is 0.448 e. The van der Waals surface area contributed by atoms with Crippen molar-refractivity contribution in [3.8, 4) is 0 Å². The Morgan fingerprint density at radius 1 is 1.42 bits per heavy atom. The number of thiophene rings is 1. The Labute approximate surface area is 115 Å². The Balaban J connectivity index is 2.84. The maximum Gasteiger partial charge on any atom is 0.351 e. The molecule has 1 aromatic rings. The summed E-state index contributed by atoms with van der Waals surface area (Å²) in [5, 5.41) is 3.89. The third kappa shape index (κ3) is 4.52. The Kier molecular flexibility index (Phi) is 4.90. The second kappa shape index (κ2) is 6.02. The van der Waals surface area contributed by atoms with E-state index >= 15 is 0 Å². The van der Waals surface area contributed by atoms with Crippen molar-refractivity contribution in [2.45, 2.75) is 13.0 Å². The molecule has 0 spiro atoms. The highest BCUT2D eigenvalue weighted by molar-refractivity contribution is 7.92. The molecule has 19 heavy (non-hydrogen) atoms. The van der Waals surface area contributed by atoms with Crippen molar-refractivity contribution in [2.24, 2.45) is 0 Å². The zero-order valence-electron chi connectivity index (χ0n) is 10.6. The topological polar surface area (TPSA) is 102 Å². The zero-order chi connectivity index (χ0) is 14.6. The van der Waals surface area contributed by atoms with Crippen LogP contribution in [0.5, 0.6) is 0 Å². The molecular formula is C10H14N2O5S2. The number of carbonyl (C=O) groups is 2. The monoisotopic (exact) mass is 306 g/mol. The summed E-state index contributed by atoms with van der Waals surface area (Å²) in [6.07, 6.45) is 0.0260. The van der Waals surface area contributed by atoms with Gasteiger partial charge in [-0.05, 0) is 18.4 Å². The fourth-order valence-corrected chi connectivity index (χ4v) is 2.58. The smallest absolute Gasteiger partial charge is 0.351 e. The Bertz CT molecular complexity index is 578. The highest BCUT2D eigenvalue weighted by Gasteiger charge is 2.22. The fraction of sp³-hybridized carbons (Fsp3) is 0.400. The molecule has 0 fully saturated rings. The van der Waals surface area contributed by atoms with Gasteiger partial charge in [0.05, 0.1) is 11.9 Å². The number of hydrogen-bond donors (Lipinski definition) is 2. The Morgan fingerprint density at radius 3 is 2.58 bits per heavy atom. The minimum absolute atomic E-state index is 0.0983. The highest BCUT2D eigenvalue weighted by atomic mass is 32.2. The molecule has 106 valence electrons. The molecule has 9 heteroatoms. The molecule has 1 aromatic heterocycles. The zero-order valence-corrected chi connectivity index (χ0v) is 12.2. The maximum absolute atomic E-state index is 11.8. The second-order valence-corrected chi connectivity index (χ2v) is 6.36. The lowest BCUT2D eigenvalue weighted by molar-refractivity contribution is -0.128. The van der Waals surface area contributed by atoms with E-state index in [0.717, 1.165) is 17.6 Å². The van der Waals surface area contributed by atoms with Crippen LogP contribution in [0.1, 0.15) is 16.6 Å². The predicted molar refractivity (Wildman–Crippen MR) is 71.7 cm³/mol. The number of ether oxygens (including phenoxy) is 1. The van der Waals surface area contributed by atoms with Crippen molar-refractivity contribution in [1.82, 2.24) is 5.32 Å². The average molecular weight is 306 g/mol. The van der Waals surface area contributed by atoms with Crippen molar-refractivity contribution in [1.29, 1.82) is 0 Å². The minimum Gasteiger partial charge on any atom is -0.448 e. The Morgan fingerprint density at radius 2 is 2.05 bits per heavy atom. The van der Waals surface area contributed by atoms with Crippen LogP contribution in [0.4, 0.5) is 5.69 Å². The SMILES string of the molecule is CNC(=O)[C@H](C)OC(=O)c1sccc1NS(C)(=O)=O. The fourth-order valence-electron chi connectivity index (χ4n) is 1.22. The predicted octanol–water partition coefficient (Wildman–Crippen LogP) is 0.411. The van der Waals surface area contributed by atoms with Gasteiger partial charge in [0.2, 0.25) is 10.0 Å². The average Bonchev–Trinajstić information content (AvgIpc) is 2.73. The summed E-state index contributed by atoms with van der Waals surface area (Å²) in [5.74, 6) is -1.19. The number of amides is 1. The number of rotatable bonds is 5. The van der Waals surface area contributed by atoms with Crippen LogP contribution in [0.25, 0.3) is 0 Å². The van der Waals surface area contributed by atoms with Crippen molar-refractivity contribution in [3.63, 3.8) is 0 Å². The van der Waals surface area contributed by atoms with Gasteiger partial charge in [-0.3, -0.25) is 9.52 Å². The van der Waals surface area contributed by atoms with E-state index in [2.05, 4.69) is 10.0 Å². The molecule has 0 saturated carbocycles. The number of sulfonamides is 1. The first-order valence-electron chi connectivity index (χ1n) is 5.22. The molecule has 0 aliphatic heterocycles. The minimum atomic E-state index is -3.48. The summed E-state index contributed by atoms with van der Waals surface area (Å²) in [6.45, 7) is 1.42. The van der Waals surface area contributed by atoms with Gasteiger partial charge in [0, 0.05) is 7.05 Å². The van der Waals surface area contributed by atoms with Gasteiger partial charge in [0.1, 0.15) is 4.88 Å². The molecule has 1 heterocycles. The van der Waals surface area contributed by atoms with Crippen LogP contribution >= 0.6 is 11.3 Å². The molecule has 1 atom stereocenters. The van der Waals surface area contributed by atoms with Crippen molar-refractivity contribution >= 4 is 38.9 Å². The second-order valence-electron chi connectivity index (χ2n) is 3.70. The maximum atomic E-state index is 11.8. The Hall–Kier alpha value is -1.61. The molecule has 0 aromatic carbocycles. The quantitative estimate of drug-likeness (QED) is 0.767. The molecule has 0 aliphatic rings. The van der Waals surface area contributed by atoms with Crippen LogP contribution < -0.4 is 10.0 Å². The number of anilines is 1. The third-order valence-electron chi connectivity index (χ3n) is 2.05. The van der Waals surface area contributed by atoms with E-state index in [9.17, 15) is 18.0 Å². The summed E-state index contributed by atoms with van der Waals surface area (Å²) in [4.78, 5) is 23.1. The van der Waals surface area contributed by atoms with Gasteiger partial charge in [0.15, 0.2) is 6.10 Å². The van der Waals surface area contributed by atoms with Crippen molar-refractivity contribution in [3.05, 3.63) is 16.3 Å². The third-order valence-corrected chi connectivity index (χ3v) is 3.53. The lowest BCUT2D eigenvalue weighted by Gasteiger charge is -2.11. The molecule has 0 radical (unpaired) electrons. The number of likely N-dealkylation sites (N-methyl/N-ethyl adjacent to an activating group) is 1. The summed E-state index contributed by atoms with van der Waals surface area (Å²) in [7, 11) is -2.06. The first kappa shape index (κ1) is 15.4. The molecule has 7 nitrogen and oxygen atoms in total. The molecule has 0 aliphatic carbocycles. The van der Waals surface area contributed by atoms with Gasteiger partial charge in [-0.1, -0.05) is 0 Å². The van der Waals surface area contributed by atoms with Crippen LogP contribution in [0, 0.1) is 0 Å². The lowest BCUT2D eigenvalue weighted by atomic mass is 10.3.